The van der Waals surface area contributed by atoms with Gasteiger partial charge in [0.25, 0.3) is 0 Å². The highest BCUT2D eigenvalue weighted by atomic mass is 32.1. The third-order valence-electron chi connectivity index (χ3n) is 1.90. The maximum atomic E-state index is 8.39. The molecule has 0 atom stereocenters. The normalized spacial score (nSPS) is 9.93. The smallest absolute Gasteiger partial charge is 0.0813 e. The third kappa shape index (κ3) is 1.83. The van der Waals surface area contributed by atoms with Crippen molar-refractivity contribution in [3.05, 3.63) is 23.7 Å². The van der Waals surface area contributed by atoms with Gasteiger partial charge < -0.3 is 5.32 Å². The van der Waals surface area contributed by atoms with E-state index < -0.39 is 0 Å². The van der Waals surface area contributed by atoms with Gasteiger partial charge in [0.1, 0.15) is 0 Å². The van der Waals surface area contributed by atoms with Crippen molar-refractivity contribution in [2.24, 2.45) is 0 Å². The summed E-state index contributed by atoms with van der Waals surface area (Å²) in [6, 6.07) is 8.13. The van der Waals surface area contributed by atoms with Gasteiger partial charge in [-0.25, -0.2) is 4.98 Å². The number of hydrogen-bond donors (Lipinski definition) is 1. The molecule has 2 aromatic rings. The second-order valence-corrected chi connectivity index (χ2v) is 3.76. The summed E-state index contributed by atoms with van der Waals surface area (Å²) in [6.07, 6.45) is 0.528. The molecular formula is C10H9N3S. The van der Waals surface area contributed by atoms with Crippen LogP contribution in [0.25, 0.3) is 10.2 Å². The van der Waals surface area contributed by atoms with Gasteiger partial charge in [-0.2, -0.15) is 5.26 Å². The number of benzene rings is 1. The van der Waals surface area contributed by atoms with E-state index in [9.17, 15) is 0 Å². The molecule has 0 saturated heterocycles. The minimum absolute atomic E-state index is 0.528. The van der Waals surface area contributed by atoms with E-state index in [4.69, 9.17) is 5.26 Å². The molecule has 0 aliphatic heterocycles. The SMILES string of the molecule is N#CCCNc1ccc2ncsc2c1. The average Bonchev–Trinajstić information content (AvgIpc) is 2.65. The summed E-state index contributed by atoms with van der Waals surface area (Å²) in [5.74, 6) is 0. The van der Waals surface area contributed by atoms with Crippen LogP contribution in [0.4, 0.5) is 5.69 Å². The van der Waals surface area contributed by atoms with Gasteiger partial charge in [-0.3, -0.25) is 0 Å². The summed E-state index contributed by atoms with van der Waals surface area (Å²) >= 11 is 1.62. The lowest BCUT2D eigenvalue weighted by Gasteiger charge is -2.02. The van der Waals surface area contributed by atoms with E-state index in [-0.39, 0.29) is 0 Å². The van der Waals surface area contributed by atoms with E-state index >= 15 is 0 Å². The van der Waals surface area contributed by atoms with Crippen molar-refractivity contribution in [1.29, 1.82) is 5.26 Å². The minimum Gasteiger partial charge on any atom is -0.384 e. The predicted octanol–water partition coefficient (Wildman–Crippen LogP) is 2.62. The van der Waals surface area contributed by atoms with Crippen LogP contribution < -0.4 is 5.32 Å². The predicted molar refractivity (Wildman–Crippen MR) is 58.3 cm³/mol. The lowest BCUT2D eigenvalue weighted by molar-refractivity contribution is 1.08. The minimum atomic E-state index is 0.528. The summed E-state index contributed by atoms with van der Waals surface area (Å²) in [5.41, 5.74) is 3.92. The summed E-state index contributed by atoms with van der Waals surface area (Å²) < 4.78 is 1.17. The second-order valence-electron chi connectivity index (χ2n) is 2.87. The Labute approximate surface area is 86.0 Å². The van der Waals surface area contributed by atoms with Crippen LogP contribution in [0.3, 0.4) is 0 Å². The molecule has 0 aliphatic rings. The van der Waals surface area contributed by atoms with Crippen LogP contribution in [0.5, 0.6) is 0 Å². The third-order valence-corrected chi connectivity index (χ3v) is 2.69. The maximum absolute atomic E-state index is 8.39. The van der Waals surface area contributed by atoms with Crippen LogP contribution >= 0.6 is 11.3 Å². The summed E-state index contributed by atoms with van der Waals surface area (Å²) in [6.45, 7) is 0.695. The molecule has 0 aliphatic carbocycles. The molecule has 1 N–H and O–H groups in total. The first-order valence-corrected chi connectivity index (χ1v) is 5.22. The number of rotatable bonds is 3. The Morgan fingerprint density at radius 1 is 1.50 bits per heavy atom. The van der Waals surface area contributed by atoms with Gasteiger partial charge in [0.05, 0.1) is 28.2 Å². The zero-order valence-electron chi connectivity index (χ0n) is 7.53. The number of aromatic nitrogens is 1. The summed E-state index contributed by atoms with van der Waals surface area (Å²) in [7, 11) is 0. The van der Waals surface area contributed by atoms with Gasteiger partial charge in [-0.05, 0) is 18.2 Å². The second kappa shape index (κ2) is 4.07. The van der Waals surface area contributed by atoms with Crippen LogP contribution in [-0.2, 0) is 0 Å². The molecule has 1 aromatic heterocycles. The number of thiazole rings is 1. The highest BCUT2D eigenvalue weighted by Gasteiger charge is 1.97. The number of nitrogens with one attached hydrogen (secondary N) is 1. The fraction of sp³-hybridized carbons (Fsp3) is 0.200. The van der Waals surface area contributed by atoms with E-state index in [1.807, 2.05) is 17.6 Å². The average molecular weight is 203 g/mol. The topological polar surface area (TPSA) is 48.7 Å². The van der Waals surface area contributed by atoms with Crippen LogP contribution in [0, 0.1) is 11.3 Å². The molecule has 2 rings (SSSR count). The molecule has 14 heavy (non-hydrogen) atoms. The van der Waals surface area contributed by atoms with Crippen molar-refractivity contribution < 1.29 is 0 Å². The van der Waals surface area contributed by atoms with E-state index in [0.717, 1.165) is 11.2 Å². The van der Waals surface area contributed by atoms with Crippen molar-refractivity contribution in [1.82, 2.24) is 4.98 Å². The Morgan fingerprint density at radius 3 is 3.29 bits per heavy atom. The van der Waals surface area contributed by atoms with Crippen molar-refractivity contribution in [3.8, 4) is 6.07 Å². The molecule has 0 spiro atoms. The quantitative estimate of drug-likeness (QED) is 0.780. The molecule has 0 bridgehead atoms. The molecule has 1 heterocycles. The van der Waals surface area contributed by atoms with Crippen LogP contribution in [0.15, 0.2) is 23.7 Å². The molecule has 1 aromatic carbocycles. The molecular weight excluding hydrogens is 194 g/mol. The van der Waals surface area contributed by atoms with Crippen molar-refractivity contribution in [2.45, 2.75) is 6.42 Å². The zero-order chi connectivity index (χ0) is 9.80. The molecule has 3 nitrogen and oxygen atoms in total. The van der Waals surface area contributed by atoms with E-state index in [1.54, 1.807) is 11.3 Å². The van der Waals surface area contributed by atoms with E-state index in [1.165, 1.54) is 4.70 Å². The zero-order valence-corrected chi connectivity index (χ0v) is 8.34. The Bertz CT molecular complexity index is 469. The van der Waals surface area contributed by atoms with Gasteiger partial charge >= 0.3 is 0 Å². The fourth-order valence-corrected chi connectivity index (χ4v) is 1.94. The standard InChI is InChI=1S/C10H9N3S/c11-4-1-5-12-8-2-3-9-10(6-8)14-7-13-9/h2-3,6-7,12H,1,5H2. The van der Waals surface area contributed by atoms with Gasteiger partial charge in [0.2, 0.25) is 0 Å². The van der Waals surface area contributed by atoms with E-state index in [0.29, 0.717) is 13.0 Å². The Kier molecular flexibility index (Phi) is 2.61. The first-order valence-electron chi connectivity index (χ1n) is 4.34. The van der Waals surface area contributed by atoms with Crippen molar-refractivity contribution in [3.63, 3.8) is 0 Å². The number of nitrogens with zero attached hydrogens (tertiary/aromatic N) is 2. The maximum Gasteiger partial charge on any atom is 0.0813 e. The Morgan fingerprint density at radius 2 is 2.43 bits per heavy atom. The van der Waals surface area contributed by atoms with Crippen molar-refractivity contribution in [2.75, 3.05) is 11.9 Å². The lowest BCUT2D eigenvalue weighted by Crippen LogP contribution is -1.99. The highest BCUT2D eigenvalue weighted by molar-refractivity contribution is 7.16. The molecule has 0 radical (unpaired) electrons. The number of anilines is 1. The molecule has 0 unspecified atom stereocenters. The molecule has 0 amide bonds. The molecule has 70 valence electrons. The molecule has 4 heteroatoms. The van der Waals surface area contributed by atoms with Crippen molar-refractivity contribution >= 4 is 27.2 Å². The highest BCUT2D eigenvalue weighted by Crippen LogP contribution is 2.21. The molecule has 0 fully saturated rings. The van der Waals surface area contributed by atoms with Gasteiger partial charge in [-0.15, -0.1) is 11.3 Å². The largest absolute Gasteiger partial charge is 0.384 e. The summed E-state index contributed by atoms with van der Waals surface area (Å²) in [4.78, 5) is 4.19. The summed E-state index contributed by atoms with van der Waals surface area (Å²) in [5, 5.41) is 11.6. The Balaban J connectivity index is 2.14. The van der Waals surface area contributed by atoms with Crippen LogP contribution in [0.2, 0.25) is 0 Å². The van der Waals surface area contributed by atoms with Crippen LogP contribution in [0.1, 0.15) is 6.42 Å². The number of fused-ring (bicyclic) bond motifs is 1. The number of nitriles is 1. The fourth-order valence-electron chi connectivity index (χ4n) is 1.23. The van der Waals surface area contributed by atoms with Gasteiger partial charge in [0, 0.05) is 12.2 Å². The number of hydrogen-bond acceptors (Lipinski definition) is 4. The Hall–Kier alpha value is -1.60. The molecule has 0 saturated carbocycles. The van der Waals surface area contributed by atoms with E-state index in [2.05, 4.69) is 22.4 Å². The van der Waals surface area contributed by atoms with Gasteiger partial charge in [0.15, 0.2) is 0 Å². The lowest BCUT2D eigenvalue weighted by atomic mass is 10.3. The first-order chi connectivity index (χ1) is 6.90. The van der Waals surface area contributed by atoms with Gasteiger partial charge in [-0.1, -0.05) is 0 Å². The van der Waals surface area contributed by atoms with Crippen LogP contribution in [-0.4, -0.2) is 11.5 Å². The monoisotopic (exact) mass is 203 g/mol. The first kappa shape index (κ1) is 8.97.